The molecule has 1 aromatic carbocycles. The Balaban J connectivity index is 1.88. The normalized spacial score (nSPS) is 17.8. The van der Waals surface area contributed by atoms with Crippen LogP contribution in [-0.2, 0) is 0 Å². The van der Waals surface area contributed by atoms with Crippen LogP contribution in [-0.4, -0.2) is 49.9 Å². The first-order chi connectivity index (χ1) is 15.9. The Morgan fingerprint density at radius 1 is 1.27 bits per heavy atom. The Morgan fingerprint density at radius 2 is 2.06 bits per heavy atom. The van der Waals surface area contributed by atoms with Crippen molar-refractivity contribution in [2.24, 2.45) is 0 Å². The van der Waals surface area contributed by atoms with Crippen molar-refractivity contribution in [3.8, 4) is 11.4 Å². The first-order valence-electron chi connectivity index (χ1n) is 10.5. The molecule has 2 atom stereocenters. The summed E-state index contributed by atoms with van der Waals surface area (Å²) in [4.78, 5) is 17.5. The van der Waals surface area contributed by atoms with Crippen LogP contribution in [0.5, 0.6) is 5.75 Å². The van der Waals surface area contributed by atoms with Gasteiger partial charge in [0.15, 0.2) is 5.11 Å². The molecule has 2 aromatic heterocycles. The molecule has 1 aliphatic rings. The predicted octanol–water partition coefficient (Wildman–Crippen LogP) is 3.37. The number of hydrogen-bond acceptors (Lipinski definition) is 6. The lowest BCUT2D eigenvalue weighted by molar-refractivity contribution is -0.384. The second-order valence-corrected chi connectivity index (χ2v) is 8.21. The maximum absolute atomic E-state index is 11.4. The van der Waals surface area contributed by atoms with Gasteiger partial charge in [0.25, 0.3) is 5.69 Å². The molecule has 0 saturated carbocycles. The van der Waals surface area contributed by atoms with Crippen LogP contribution in [0.3, 0.4) is 0 Å². The molecule has 1 fully saturated rings. The van der Waals surface area contributed by atoms with Gasteiger partial charge < -0.3 is 24.6 Å². The number of nitro benzene ring substituents is 1. The third-order valence-corrected chi connectivity index (χ3v) is 6.29. The molecule has 0 aliphatic carbocycles. The van der Waals surface area contributed by atoms with Gasteiger partial charge in [-0.05, 0) is 55.9 Å². The van der Waals surface area contributed by atoms with Gasteiger partial charge in [0.05, 0.1) is 42.1 Å². The Labute approximate surface area is 196 Å². The lowest BCUT2D eigenvalue weighted by Gasteiger charge is -2.27. The van der Waals surface area contributed by atoms with Crippen molar-refractivity contribution >= 4 is 23.0 Å². The molecule has 0 amide bonds. The highest BCUT2D eigenvalue weighted by atomic mass is 32.1. The van der Waals surface area contributed by atoms with Crippen LogP contribution < -0.4 is 10.1 Å². The third kappa shape index (κ3) is 4.03. The number of aliphatic hydroxyl groups excluding tert-OH is 1. The van der Waals surface area contributed by atoms with E-state index in [2.05, 4.69) is 10.3 Å². The molecule has 3 heterocycles. The minimum Gasteiger partial charge on any atom is -0.495 e. The monoisotopic (exact) mass is 467 g/mol. The molecule has 10 heteroatoms. The van der Waals surface area contributed by atoms with Gasteiger partial charge >= 0.3 is 0 Å². The minimum atomic E-state index is -0.419. The lowest BCUT2D eigenvalue weighted by atomic mass is 9.97. The smallest absolute Gasteiger partial charge is 0.271 e. The topological polar surface area (TPSA) is 106 Å². The highest BCUT2D eigenvalue weighted by Crippen LogP contribution is 2.42. The van der Waals surface area contributed by atoms with Crippen LogP contribution in [0.1, 0.15) is 34.7 Å². The molecule has 2 N–H and O–H groups in total. The molecular weight excluding hydrogens is 442 g/mol. The lowest BCUT2D eigenvalue weighted by Crippen LogP contribution is -2.32. The Bertz CT molecular complexity index is 1200. The number of methoxy groups -OCH3 is 1. The number of nitrogens with one attached hydrogen (secondary N) is 1. The average molecular weight is 468 g/mol. The summed E-state index contributed by atoms with van der Waals surface area (Å²) in [6, 6.07) is 11.9. The molecule has 0 spiro atoms. The van der Waals surface area contributed by atoms with Gasteiger partial charge in [0, 0.05) is 36.3 Å². The highest BCUT2D eigenvalue weighted by Gasteiger charge is 2.41. The van der Waals surface area contributed by atoms with Crippen molar-refractivity contribution < 1.29 is 14.8 Å². The van der Waals surface area contributed by atoms with Crippen molar-refractivity contribution in [3.05, 3.63) is 81.4 Å². The zero-order valence-electron chi connectivity index (χ0n) is 18.6. The summed E-state index contributed by atoms with van der Waals surface area (Å²) in [6.45, 7) is 4.23. The van der Waals surface area contributed by atoms with E-state index in [-0.39, 0.29) is 24.4 Å². The van der Waals surface area contributed by atoms with Crippen molar-refractivity contribution in [1.29, 1.82) is 0 Å². The van der Waals surface area contributed by atoms with Gasteiger partial charge in [-0.15, -0.1) is 0 Å². The predicted molar refractivity (Wildman–Crippen MR) is 128 cm³/mol. The van der Waals surface area contributed by atoms with E-state index in [1.165, 1.54) is 12.1 Å². The second kappa shape index (κ2) is 9.16. The zero-order chi connectivity index (χ0) is 23.7. The number of β-amino-alcohol motifs (C(OH)–C–C–N with tert-alkyl or cyclic N) is 1. The van der Waals surface area contributed by atoms with Crippen molar-refractivity contribution in [1.82, 2.24) is 19.8 Å². The van der Waals surface area contributed by atoms with Crippen LogP contribution in [0.25, 0.3) is 5.69 Å². The zero-order valence-corrected chi connectivity index (χ0v) is 19.4. The number of pyridine rings is 1. The fourth-order valence-corrected chi connectivity index (χ4v) is 4.85. The summed E-state index contributed by atoms with van der Waals surface area (Å²) in [5.41, 5.74) is 4.18. The molecule has 3 aromatic rings. The van der Waals surface area contributed by atoms with E-state index in [4.69, 9.17) is 17.0 Å². The second-order valence-electron chi connectivity index (χ2n) is 7.82. The number of hydrogen-bond donors (Lipinski definition) is 2. The SMILES string of the molecule is COc1ccc([N+](=O)[O-])cc1-n1c(C)cc([C@@H]2[C@@H](c3ccccn3)NC(=S)N2CCO)c1C. The number of aryl methyl sites for hydroxylation is 1. The van der Waals surface area contributed by atoms with Crippen LogP contribution in [0.15, 0.2) is 48.7 Å². The maximum atomic E-state index is 11.4. The highest BCUT2D eigenvalue weighted by molar-refractivity contribution is 7.80. The van der Waals surface area contributed by atoms with Gasteiger partial charge in [-0.2, -0.15) is 0 Å². The number of aromatic nitrogens is 2. The fourth-order valence-electron chi connectivity index (χ4n) is 4.52. The van der Waals surface area contributed by atoms with Gasteiger partial charge in [-0.1, -0.05) is 6.07 Å². The van der Waals surface area contributed by atoms with Crippen LogP contribution in [0, 0.1) is 24.0 Å². The molecule has 0 bridgehead atoms. The van der Waals surface area contributed by atoms with E-state index < -0.39 is 4.92 Å². The summed E-state index contributed by atoms with van der Waals surface area (Å²) < 4.78 is 7.47. The number of nitro groups is 1. The molecular formula is C23H25N5O4S. The number of non-ortho nitro benzene ring substituents is 1. The Morgan fingerprint density at radius 3 is 2.70 bits per heavy atom. The molecule has 0 unspecified atom stereocenters. The van der Waals surface area contributed by atoms with Gasteiger partial charge in [0.2, 0.25) is 0 Å². The van der Waals surface area contributed by atoms with Crippen LogP contribution in [0.4, 0.5) is 5.69 Å². The van der Waals surface area contributed by atoms with Crippen LogP contribution >= 0.6 is 12.2 Å². The van der Waals surface area contributed by atoms with E-state index in [1.54, 1.807) is 19.4 Å². The number of aliphatic hydroxyl groups is 1. The maximum Gasteiger partial charge on any atom is 0.271 e. The van der Waals surface area contributed by atoms with E-state index in [1.807, 2.05) is 47.6 Å². The third-order valence-electron chi connectivity index (χ3n) is 5.94. The number of nitrogens with zero attached hydrogens (tertiary/aromatic N) is 4. The standard InChI is InChI=1S/C23H25N5O4S/c1-14-12-17(15(2)27(14)19-13-16(28(30)31)7-8-20(19)32-3)22-21(18-6-4-5-9-24-18)25-23(33)26(22)10-11-29/h4-9,12-13,21-22,29H,10-11H2,1-3H3,(H,25,33)/t21-,22-/m1/s1. The summed E-state index contributed by atoms with van der Waals surface area (Å²) in [6.07, 6.45) is 1.74. The van der Waals surface area contributed by atoms with Crippen molar-refractivity contribution in [3.63, 3.8) is 0 Å². The van der Waals surface area contributed by atoms with E-state index in [9.17, 15) is 15.2 Å². The number of benzene rings is 1. The molecule has 172 valence electrons. The van der Waals surface area contributed by atoms with Gasteiger partial charge in [-0.25, -0.2) is 0 Å². The average Bonchev–Trinajstić information content (AvgIpc) is 3.29. The quantitative estimate of drug-likeness (QED) is 0.310. The number of thiocarbonyl (C=S) groups is 1. The van der Waals surface area contributed by atoms with Crippen molar-refractivity contribution in [2.45, 2.75) is 25.9 Å². The molecule has 0 radical (unpaired) electrons. The summed E-state index contributed by atoms with van der Waals surface area (Å²) in [7, 11) is 1.54. The molecule has 4 rings (SSSR count). The van der Waals surface area contributed by atoms with E-state index in [0.29, 0.717) is 23.1 Å². The molecule has 9 nitrogen and oxygen atoms in total. The van der Waals surface area contributed by atoms with Crippen LogP contribution in [0.2, 0.25) is 0 Å². The summed E-state index contributed by atoms with van der Waals surface area (Å²) >= 11 is 5.60. The largest absolute Gasteiger partial charge is 0.495 e. The first kappa shape index (κ1) is 22.7. The molecule has 1 saturated heterocycles. The molecule has 33 heavy (non-hydrogen) atoms. The summed E-state index contributed by atoms with van der Waals surface area (Å²) in [5, 5.41) is 25.0. The van der Waals surface area contributed by atoms with E-state index in [0.717, 1.165) is 22.6 Å². The summed E-state index contributed by atoms with van der Waals surface area (Å²) in [5.74, 6) is 0.530. The fraction of sp³-hybridized carbons (Fsp3) is 0.304. The number of ether oxygens (including phenoxy) is 1. The Hall–Kier alpha value is -3.50. The minimum absolute atomic E-state index is 0.0168. The van der Waals surface area contributed by atoms with E-state index >= 15 is 0 Å². The first-order valence-corrected chi connectivity index (χ1v) is 10.9. The Kier molecular flexibility index (Phi) is 6.30. The van der Waals surface area contributed by atoms with Gasteiger partial charge in [-0.3, -0.25) is 15.1 Å². The number of rotatable bonds is 7. The molecule has 1 aliphatic heterocycles. The van der Waals surface area contributed by atoms with Gasteiger partial charge in [0.1, 0.15) is 5.75 Å². The van der Waals surface area contributed by atoms with Crippen molar-refractivity contribution in [2.75, 3.05) is 20.3 Å².